The van der Waals surface area contributed by atoms with Crippen molar-refractivity contribution in [1.82, 2.24) is 19.4 Å². The van der Waals surface area contributed by atoms with Crippen LogP contribution in [0, 0.1) is 13.8 Å². The van der Waals surface area contributed by atoms with Gasteiger partial charge in [-0.1, -0.05) is 19.9 Å². The zero-order valence-electron chi connectivity index (χ0n) is 20.2. The summed E-state index contributed by atoms with van der Waals surface area (Å²) in [6.45, 7) is 10.4. The van der Waals surface area contributed by atoms with Crippen LogP contribution in [0.2, 0.25) is 0 Å². The van der Waals surface area contributed by atoms with Crippen LogP contribution in [-0.2, 0) is 11.8 Å². The minimum Gasteiger partial charge on any atom is -0.354 e. The van der Waals surface area contributed by atoms with E-state index in [-0.39, 0.29) is 11.5 Å². The first kappa shape index (κ1) is 22.3. The second kappa shape index (κ2) is 8.24. The summed E-state index contributed by atoms with van der Waals surface area (Å²) in [4.78, 5) is 32.2. The van der Waals surface area contributed by atoms with Crippen LogP contribution >= 0.6 is 0 Å². The van der Waals surface area contributed by atoms with Crippen molar-refractivity contribution in [2.75, 3.05) is 33.7 Å². The Labute approximate surface area is 189 Å². The third-order valence-corrected chi connectivity index (χ3v) is 6.80. The minimum atomic E-state index is 0.0501. The average molecular weight is 435 g/mol. The van der Waals surface area contributed by atoms with Crippen molar-refractivity contribution >= 4 is 16.8 Å². The molecular formula is C26H34N4O2. The number of aryl methyl sites for hydroxylation is 1. The summed E-state index contributed by atoms with van der Waals surface area (Å²) in [6.07, 6.45) is 1.95. The van der Waals surface area contributed by atoms with Gasteiger partial charge >= 0.3 is 0 Å². The second-order valence-corrected chi connectivity index (χ2v) is 9.82. The van der Waals surface area contributed by atoms with Crippen LogP contribution in [0.1, 0.15) is 47.9 Å². The van der Waals surface area contributed by atoms with E-state index in [0.29, 0.717) is 18.4 Å². The molecule has 2 aromatic heterocycles. The SMILES string of the molecule is Cc1c(-c2[nH]c3ccc(C4CN(C(=O)CN(C)C)C4)cc3c2C(C)C)cn(C)c(=O)c1C. The van der Waals surface area contributed by atoms with Gasteiger partial charge in [0.2, 0.25) is 5.91 Å². The highest BCUT2D eigenvalue weighted by molar-refractivity contribution is 5.92. The predicted octanol–water partition coefficient (Wildman–Crippen LogP) is 3.76. The highest BCUT2D eigenvalue weighted by atomic mass is 16.2. The normalized spacial score (nSPS) is 14.6. The summed E-state index contributed by atoms with van der Waals surface area (Å²) >= 11 is 0. The van der Waals surface area contributed by atoms with Gasteiger partial charge in [0, 0.05) is 54.3 Å². The summed E-state index contributed by atoms with van der Waals surface area (Å²) in [5.74, 6) is 0.899. The number of hydrogen-bond acceptors (Lipinski definition) is 3. The molecule has 1 aromatic carbocycles. The van der Waals surface area contributed by atoms with E-state index < -0.39 is 0 Å². The first-order valence-corrected chi connectivity index (χ1v) is 11.3. The average Bonchev–Trinajstić information content (AvgIpc) is 3.06. The molecule has 3 heterocycles. The van der Waals surface area contributed by atoms with Crippen molar-refractivity contribution in [3.05, 3.63) is 57.0 Å². The maximum absolute atomic E-state index is 12.4. The Bertz CT molecular complexity index is 1240. The molecule has 1 fully saturated rings. The van der Waals surface area contributed by atoms with Gasteiger partial charge < -0.3 is 19.4 Å². The number of nitrogens with one attached hydrogen (secondary N) is 1. The number of aromatic nitrogens is 2. The van der Waals surface area contributed by atoms with Crippen molar-refractivity contribution in [3.8, 4) is 11.3 Å². The summed E-state index contributed by atoms with van der Waals surface area (Å²) in [7, 11) is 5.66. The number of H-pyrrole nitrogens is 1. The molecule has 1 aliphatic heterocycles. The van der Waals surface area contributed by atoms with Crippen molar-refractivity contribution in [3.63, 3.8) is 0 Å². The van der Waals surface area contributed by atoms with Gasteiger partial charge in [-0.25, -0.2) is 0 Å². The van der Waals surface area contributed by atoms with E-state index in [1.807, 2.05) is 51.0 Å². The second-order valence-electron chi connectivity index (χ2n) is 9.82. The molecule has 0 unspecified atom stereocenters. The zero-order valence-corrected chi connectivity index (χ0v) is 20.2. The number of fused-ring (bicyclic) bond motifs is 1. The molecule has 1 N–H and O–H groups in total. The number of amides is 1. The molecule has 0 saturated carbocycles. The standard InChI is InChI=1S/C26H34N4O2/c1-15(2)24-20-10-18(19-11-30(12-19)23(31)14-28(5)6)8-9-22(20)27-25(24)21-13-29(7)26(32)17(4)16(21)3/h8-10,13,15,19,27H,11-12,14H2,1-7H3. The van der Waals surface area contributed by atoms with Crippen molar-refractivity contribution in [1.29, 1.82) is 0 Å². The van der Waals surface area contributed by atoms with E-state index in [1.54, 1.807) is 4.57 Å². The maximum Gasteiger partial charge on any atom is 0.253 e. The molecule has 170 valence electrons. The molecule has 6 nitrogen and oxygen atoms in total. The summed E-state index contributed by atoms with van der Waals surface area (Å²) < 4.78 is 1.67. The van der Waals surface area contributed by atoms with Crippen molar-refractivity contribution < 1.29 is 4.79 Å². The van der Waals surface area contributed by atoms with Crippen LogP contribution in [0.5, 0.6) is 0 Å². The summed E-state index contributed by atoms with van der Waals surface area (Å²) in [5, 5.41) is 1.23. The number of benzene rings is 1. The van der Waals surface area contributed by atoms with Gasteiger partial charge in [-0.2, -0.15) is 0 Å². The highest BCUT2D eigenvalue weighted by Crippen LogP contribution is 2.39. The maximum atomic E-state index is 12.4. The number of likely N-dealkylation sites (tertiary alicyclic amines) is 1. The highest BCUT2D eigenvalue weighted by Gasteiger charge is 2.32. The zero-order chi connectivity index (χ0) is 23.3. The molecule has 6 heteroatoms. The smallest absolute Gasteiger partial charge is 0.253 e. The molecular weight excluding hydrogens is 400 g/mol. The van der Waals surface area contributed by atoms with Crippen molar-refractivity contribution in [2.24, 2.45) is 7.05 Å². The fourth-order valence-electron chi connectivity index (χ4n) is 4.79. The van der Waals surface area contributed by atoms with Crippen LogP contribution in [-0.4, -0.2) is 59.0 Å². The number of carbonyl (C=O) groups is 1. The summed E-state index contributed by atoms with van der Waals surface area (Å²) in [6, 6.07) is 6.64. The van der Waals surface area contributed by atoms with Gasteiger partial charge in [0.1, 0.15) is 0 Å². The van der Waals surface area contributed by atoms with Crippen LogP contribution in [0.4, 0.5) is 0 Å². The lowest BCUT2D eigenvalue weighted by molar-refractivity contribution is -0.136. The Morgan fingerprint density at radius 2 is 1.88 bits per heavy atom. The Morgan fingerprint density at radius 1 is 1.19 bits per heavy atom. The molecule has 1 saturated heterocycles. The lowest BCUT2D eigenvalue weighted by atomic mass is 9.88. The van der Waals surface area contributed by atoms with E-state index in [4.69, 9.17) is 0 Å². The minimum absolute atomic E-state index is 0.0501. The first-order chi connectivity index (χ1) is 15.1. The van der Waals surface area contributed by atoms with E-state index in [0.717, 1.165) is 41.0 Å². The molecule has 32 heavy (non-hydrogen) atoms. The van der Waals surface area contributed by atoms with Gasteiger partial charge in [0.25, 0.3) is 5.56 Å². The molecule has 0 radical (unpaired) electrons. The van der Waals surface area contributed by atoms with Crippen LogP contribution in [0.25, 0.3) is 22.2 Å². The van der Waals surface area contributed by atoms with Gasteiger partial charge in [0.05, 0.1) is 12.2 Å². The van der Waals surface area contributed by atoms with Crippen LogP contribution in [0.3, 0.4) is 0 Å². The van der Waals surface area contributed by atoms with Crippen molar-refractivity contribution in [2.45, 2.75) is 39.5 Å². The number of aromatic amines is 1. The molecule has 1 amide bonds. The third kappa shape index (κ3) is 3.77. The Hall–Kier alpha value is -2.86. The fourth-order valence-corrected chi connectivity index (χ4v) is 4.79. The van der Waals surface area contributed by atoms with E-state index in [1.165, 1.54) is 16.5 Å². The van der Waals surface area contributed by atoms with Gasteiger partial charge in [0.15, 0.2) is 0 Å². The topological polar surface area (TPSA) is 61.3 Å². The molecule has 1 aliphatic rings. The molecule has 0 aliphatic carbocycles. The predicted molar refractivity (Wildman–Crippen MR) is 130 cm³/mol. The van der Waals surface area contributed by atoms with E-state index in [2.05, 4.69) is 37.0 Å². The number of rotatable bonds is 5. The van der Waals surface area contributed by atoms with Crippen LogP contribution in [0.15, 0.2) is 29.2 Å². The number of hydrogen-bond donors (Lipinski definition) is 1. The summed E-state index contributed by atoms with van der Waals surface area (Å²) in [5.41, 5.74) is 7.71. The molecule has 0 atom stereocenters. The largest absolute Gasteiger partial charge is 0.354 e. The lowest BCUT2D eigenvalue weighted by Gasteiger charge is -2.40. The third-order valence-electron chi connectivity index (χ3n) is 6.80. The Balaban J connectivity index is 1.73. The van der Waals surface area contributed by atoms with Gasteiger partial charge in [-0.05, 0) is 62.7 Å². The molecule has 3 aromatic rings. The molecule has 0 bridgehead atoms. The van der Waals surface area contributed by atoms with Gasteiger partial charge in [-0.3, -0.25) is 9.59 Å². The van der Waals surface area contributed by atoms with E-state index >= 15 is 0 Å². The van der Waals surface area contributed by atoms with Gasteiger partial charge in [-0.15, -0.1) is 0 Å². The monoisotopic (exact) mass is 434 g/mol. The number of carbonyl (C=O) groups excluding carboxylic acids is 1. The molecule has 0 spiro atoms. The lowest BCUT2D eigenvalue weighted by Crippen LogP contribution is -2.51. The first-order valence-electron chi connectivity index (χ1n) is 11.3. The van der Waals surface area contributed by atoms with E-state index in [9.17, 15) is 9.59 Å². The van der Waals surface area contributed by atoms with Crippen LogP contribution < -0.4 is 5.56 Å². The fraction of sp³-hybridized carbons (Fsp3) is 0.462. The Kier molecular flexibility index (Phi) is 5.76. The quantitative estimate of drug-likeness (QED) is 0.665. The number of likely N-dealkylation sites (N-methyl/N-ethyl adjacent to an activating group) is 1. The Morgan fingerprint density at radius 3 is 2.50 bits per heavy atom. The number of pyridine rings is 1. The number of nitrogens with zero attached hydrogens (tertiary/aromatic N) is 3. The molecule has 4 rings (SSSR count).